The van der Waals surface area contributed by atoms with Gasteiger partial charge in [0.15, 0.2) is 0 Å². The molecule has 0 spiro atoms. The van der Waals surface area contributed by atoms with E-state index in [4.69, 9.17) is 11.6 Å². The van der Waals surface area contributed by atoms with Gasteiger partial charge in [-0.15, -0.1) is 0 Å². The van der Waals surface area contributed by atoms with Crippen molar-refractivity contribution in [2.45, 2.75) is 12.5 Å². The van der Waals surface area contributed by atoms with Gasteiger partial charge in [0.1, 0.15) is 11.4 Å². The molecule has 0 saturated carbocycles. The summed E-state index contributed by atoms with van der Waals surface area (Å²) in [5, 5.41) is 19.4. The van der Waals surface area contributed by atoms with E-state index in [0.717, 1.165) is 0 Å². The second-order valence-corrected chi connectivity index (χ2v) is 7.94. The van der Waals surface area contributed by atoms with Gasteiger partial charge in [0, 0.05) is 23.8 Å². The van der Waals surface area contributed by atoms with Crippen molar-refractivity contribution in [3.8, 4) is 0 Å². The number of aliphatic hydroxyl groups excluding tert-OH is 1. The van der Waals surface area contributed by atoms with E-state index in [1.54, 1.807) is 34.9 Å². The van der Waals surface area contributed by atoms with Gasteiger partial charge in [-0.1, -0.05) is 29.8 Å². The molecule has 0 bridgehead atoms. The first-order valence-electron chi connectivity index (χ1n) is 8.81. The fourth-order valence-electron chi connectivity index (χ4n) is 3.29. The van der Waals surface area contributed by atoms with Crippen LogP contribution in [-0.4, -0.2) is 39.4 Å². The highest BCUT2D eigenvalue weighted by molar-refractivity contribution is 7.98. The number of thioether (sulfide) groups is 1. The van der Waals surface area contributed by atoms with Crippen LogP contribution in [0.2, 0.25) is 5.02 Å². The van der Waals surface area contributed by atoms with Crippen molar-refractivity contribution in [2.24, 2.45) is 0 Å². The molecule has 2 aromatic carbocycles. The van der Waals surface area contributed by atoms with Crippen molar-refractivity contribution < 1.29 is 19.4 Å². The van der Waals surface area contributed by atoms with Crippen LogP contribution in [0.3, 0.4) is 0 Å². The summed E-state index contributed by atoms with van der Waals surface area (Å²) in [6.07, 6.45) is 3.36. The van der Waals surface area contributed by atoms with E-state index in [0.29, 0.717) is 22.4 Å². The van der Waals surface area contributed by atoms with Crippen LogP contribution >= 0.6 is 23.4 Å². The number of carbonyl (C=O) groups is 1. The summed E-state index contributed by atoms with van der Waals surface area (Å²) in [5.74, 6) is -1.31. The summed E-state index contributed by atoms with van der Waals surface area (Å²) in [6.45, 7) is -0.201. The van der Waals surface area contributed by atoms with Crippen LogP contribution in [0.25, 0.3) is 10.9 Å². The van der Waals surface area contributed by atoms with Crippen molar-refractivity contribution in [1.29, 1.82) is 0 Å². The molecule has 1 aromatic heterocycles. The summed E-state index contributed by atoms with van der Waals surface area (Å²) < 4.78 is 15.9. The number of hydrogen-bond acceptors (Lipinski definition) is 4. The first-order chi connectivity index (χ1) is 13.9. The summed E-state index contributed by atoms with van der Waals surface area (Å²) in [5.41, 5.74) is 0.557. The van der Waals surface area contributed by atoms with Crippen LogP contribution < -0.4 is 5.43 Å². The molecule has 5 nitrogen and oxygen atoms in total. The van der Waals surface area contributed by atoms with Gasteiger partial charge in [-0.05, 0) is 35.6 Å². The fourth-order valence-corrected chi connectivity index (χ4v) is 4.13. The number of benzene rings is 2. The molecule has 0 unspecified atom stereocenters. The lowest BCUT2D eigenvalue weighted by Crippen LogP contribution is -2.24. The Morgan fingerprint density at radius 2 is 2.07 bits per heavy atom. The first kappa shape index (κ1) is 21.4. The predicted octanol–water partition coefficient (Wildman–Crippen LogP) is 3.98. The Morgan fingerprint density at radius 1 is 1.31 bits per heavy atom. The molecule has 0 amide bonds. The van der Waals surface area contributed by atoms with Crippen LogP contribution in [0.4, 0.5) is 4.39 Å². The molecule has 152 valence electrons. The topological polar surface area (TPSA) is 79.5 Å². The van der Waals surface area contributed by atoms with Gasteiger partial charge >= 0.3 is 5.97 Å². The van der Waals surface area contributed by atoms with Crippen molar-refractivity contribution >= 4 is 40.2 Å². The third kappa shape index (κ3) is 4.32. The van der Waals surface area contributed by atoms with Crippen LogP contribution in [0.15, 0.2) is 47.4 Å². The molecule has 29 heavy (non-hydrogen) atoms. The number of hydrogen-bond donors (Lipinski definition) is 2. The highest BCUT2D eigenvalue weighted by Gasteiger charge is 2.19. The zero-order valence-electron chi connectivity index (χ0n) is 15.6. The molecule has 8 heteroatoms. The second-order valence-electron chi connectivity index (χ2n) is 6.62. The maximum Gasteiger partial charge on any atom is 0.341 e. The van der Waals surface area contributed by atoms with E-state index in [-0.39, 0.29) is 35.0 Å². The van der Waals surface area contributed by atoms with Crippen LogP contribution in [0.5, 0.6) is 0 Å². The fraction of sp³-hybridized carbons (Fsp3) is 0.238. The first-order valence-corrected chi connectivity index (χ1v) is 10.6. The Hall–Kier alpha value is -2.35. The largest absolute Gasteiger partial charge is 0.477 e. The Kier molecular flexibility index (Phi) is 6.62. The number of carboxylic acid groups (broad SMARTS) is 1. The van der Waals surface area contributed by atoms with Gasteiger partial charge < -0.3 is 14.8 Å². The van der Waals surface area contributed by atoms with E-state index >= 15 is 0 Å². The van der Waals surface area contributed by atoms with Crippen molar-refractivity contribution in [3.63, 3.8) is 0 Å². The SMILES string of the molecule is CSC[C@@H](CO)n1cc(C(=O)O)c(=O)c2cc(Cc3cccc(Cl)c3F)ccc21. The summed E-state index contributed by atoms with van der Waals surface area (Å²) in [7, 11) is 0. The number of fused-ring (bicyclic) bond motifs is 1. The molecule has 1 heterocycles. The maximum absolute atomic E-state index is 14.2. The molecule has 0 fully saturated rings. The minimum absolute atomic E-state index is 0.0154. The molecule has 3 rings (SSSR count). The summed E-state index contributed by atoms with van der Waals surface area (Å²) >= 11 is 7.34. The smallest absolute Gasteiger partial charge is 0.341 e. The highest BCUT2D eigenvalue weighted by Crippen LogP contribution is 2.24. The molecule has 2 N–H and O–H groups in total. The van der Waals surface area contributed by atoms with Gasteiger partial charge in [-0.2, -0.15) is 11.8 Å². The quantitative estimate of drug-likeness (QED) is 0.586. The number of aliphatic hydroxyl groups is 1. The molecule has 0 aliphatic rings. The number of aromatic nitrogens is 1. The molecule has 0 aliphatic carbocycles. The average Bonchev–Trinajstić information content (AvgIpc) is 2.70. The van der Waals surface area contributed by atoms with Gasteiger partial charge in [0.2, 0.25) is 5.43 Å². The monoisotopic (exact) mass is 435 g/mol. The highest BCUT2D eigenvalue weighted by atomic mass is 35.5. The lowest BCUT2D eigenvalue weighted by atomic mass is 10.0. The molecule has 3 aromatic rings. The molecule has 0 saturated heterocycles. The minimum atomic E-state index is -1.34. The summed E-state index contributed by atoms with van der Waals surface area (Å²) in [4.78, 5) is 24.4. The van der Waals surface area contributed by atoms with Crippen LogP contribution in [0.1, 0.15) is 27.5 Å². The van der Waals surface area contributed by atoms with Gasteiger partial charge in [0.05, 0.1) is 23.2 Å². The third-order valence-electron chi connectivity index (χ3n) is 4.72. The summed E-state index contributed by atoms with van der Waals surface area (Å²) in [6, 6.07) is 9.36. The molecular formula is C21H19ClFNO4S. The molecule has 1 atom stereocenters. The van der Waals surface area contributed by atoms with Crippen molar-refractivity contribution in [2.75, 3.05) is 18.6 Å². The Morgan fingerprint density at radius 3 is 2.72 bits per heavy atom. The lowest BCUT2D eigenvalue weighted by molar-refractivity contribution is 0.0694. The van der Waals surface area contributed by atoms with E-state index < -0.39 is 17.2 Å². The van der Waals surface area contributed by atoms with E-state index in [1.165, 1.54) is 24.0 Å². The van der Waals surface area contributed by atoms with E-state index in [9.17, 15) is 24.2 Å². The third-order valence-corrected chi connectivity index (χ3v) is 5.73. The van der Waals surface area contributed by atoms with E-state index in [2.05, 4.69) is 0 Å². The van der Waals surface area contributed by atoms with Crippen LogP contribution in [-0.2, 0) is 6.42 Å². The van der Waals surface area contributed by atoms with Crippen LogP contribution in [0, 0.1) is 5.82 Å². The molecule has 0 aliphatic heterocycles. The maximum atomic E-state index is 14.2. The average molecular weight is 436 g/mol. The van der Waals surface area contributed by atoms with Crippen molar-refractivity contribution in [3.05, 3.63) is 80.3 Å². The zero-order valence-corrected chi connectivity index (χ0v) is 17.1. The Bertz CT molecular complexity index is 1130. The lowest BCUT2D eigenvalue weighted by Gasteiger charge is -2.21. The standard InChI is InChI=1S/C21H19ClFNO4S/c1-29-11-14(10-25)24-9-16(21(27)28)20(26)15-8-12(5-6-18(15)24)7-13-3-2-4-17(22)19(13)23/h2-6,8-9,14,25H,7,10-11H2,1H3,(H,27,28)/t14-/m1/s1. The minimum Gasteiger partial charge on any atom is -0.477 e. The second kappa shape index (κ2) is 8.98. The number of rotatable bonds is 7. The van der Waals surface area contributed by atoms with E-state index in [1.807, 2.05) is 6.26 Å². The van der Waals surface area contributed by atoms with Gasteiger partial charge in [0.25, 0.3) is 0 Å². The normalized spacial score (nSPS) is 12.3. The zero-order chi connectivity index (χ0) is 21.1. The van der Waals surface area contributed by atoms with Crippen molar-refractivity contribution in [1.82, 2.24) is 4.57 Å². The number of aromatic carboxylic acids is 1. The predicted molar refractivity (Wildman–Crippen MR) is 114 cm³/mol. The van der Waals surface area contributed by atoms with Gasteiger partial charge in [-0.25, -0.2) is 9.18 Å². The molecular weight excluding hydrogens is 417 g/mol. The molecule has 0 radical (unpaired) electrons. The number of nitrogens with zero attached hydrogens (tertiary/aromatic N) is 1. The Balaban J connectivity index is 2.18. The number of carboxylic acids is 1. The van der Waals surface area contributed by atoms with Gasteiger partial charge in [-0.3, -0.25) is 4.79 Å². The Labute approximate surface area is 175 Å². The number of halogens is 2. The number of pyridine rings is 1.